The van der Waals surface area contributed by atoms with Gasteiger partial charge in [-0.3, -0.25) is 9.59 Å². The van der Waals surface area contributed by atoms with Gasteiger partial charge in [-0.1, -0.05) is 12.1 Å². The number of hydrogen-bond donors (Lipinski definition) is 2. The molecule has 0 saturated heterocycles. The van der Waals surface area contributed by atoms with Gasteiger partial charge in [0.25, 0.3) is 5.91 Å². The number of amides is 1. The molecule has 3 aromatic rings. The molecule has 7 nitrogen and oxygen atoms in total. The number of anilines is 3. The fourth-order valence-electron chi connectivity index (χ4n) is 2.66. The van der Waals surface area contributed by atoms with Crippen molar-refractivity contribution in [2.75, 3.05) is 24.9 Å². The third-order valence-corrected chi connectivity index (χ3v) is 4.22. The number of ketones is 1. The number of hydrogen-bond acceptors (Lipinski definition) is 6. The number of pyridine rings is 1. The molecule has 0 saturated carbocycles. The van der Waals surface area contributed by atoms with Crippen LogP contribution in [0.1, 0.15) is 27.6 Å². The van der Waals surface area contributed by atoms with E-state index in [4.69, 9.17) is 9.47 Å². The summed E-state index contributed by atoms with van der Waals surface area (Å²) in [5.74, 6) is 1.36. The normalized spacial score (nSPS) is 10.2. The Morgan fingerprint density at radius 2 is 1.76 bits per heavy atom. The summed E-state index contributed by atoms with van der Waals surface area (Å²) >= 11 is 0. The quantitative estimate of drug-likeness (QED) is 0.584. The molecule has 0 fully saturated rings. The predicted molar refractivity (Wildman–Crippen MR) is 111 cm³/mol. The zero-order valence-electron chi connectivity index (χ0n) is 16.4. The minimum absolute atomic E-state index is 0.0115. The van der Waals surface area contributed by atoms with Crippen molar-refractivity contribution >= 4 is 28.9 Å². The van der Waals surface area contributed by atoms with E-state index in [2.05, 4.69) is 15.6 Å². The van der Waals surface area contributed by atoms with Gasteiger partial charge in [0.15, 0.2) is 5.78 Å². The van der Waals surface area contributed by atoms with Gasteiger partial charge in [0.2, 0.25) is 0 Å². The number of Topliss-reactive ketones (excluding diaryl/α,β-unsaturated/α-hetero) is 1. The highest BCUT2D eigenvalue weighted by molar-refractivity contribution is 6.05. The number of rotatable bonds is 7. The Morgan fingerprint density at radius 1 is 0.931 bits per heavy atom. The number of methoxy groups -OCH3 is 2. The first-order valence-corrected chi connectivity index (χ1v) is 8.87. The van der Waals surface area contributed by atoms with E-state index < -0.39 is 0 Å². The molecule has 1 amide bonds. The number of nitrogens with zero attached hydrogens (tertiary/aromatic N) is 1. The van der Waals surface area contributed by atoms with E-state index in [0.717, 1.165) is 5.69 Å². The minimum Gasteiger partial charge on any atom is -0.497 e. The van der Waals surface area contributed by atoms with E-state index in [9.17, 15) is 9.59 Å². The second kappa shape index (κ2) is 8.88. The van der Waals surface area contributed by atoms with E-state index in [1.54, 1.807) is 55.6 Å². The molecule has 0 aliphatic heterocycles. The SMILES string of the molecule is COc1ccc(NC(=O)c2ccc(Nc3cccc(C(C)=O)c3)nc2)c(OC)c1. The smallest absolute Gasteiger partial charge is 0.257 e. The van der Waals surface area contributed by atoms with Crippen LogP contribution in [0.5, 0.6) is 11.5 Å². The molecular weight excluding hydrogens is 370 g/mol. The second-order valence-corrected chi connectivity index (χ2v) is 6.21. The van der Waals surface area contributed by atoms with Crippen molar-refractivity contribution in [1.29, 1.82) is 0 Å². The number of benzene rings is 2. The molecule has 0 bridgehead atoms. The van der Waals surface area contributed by atoms with Crippen molar-refractivity contribution in [1.82, 2.24) is 4.98 Å². The van der Waals surface area contributed by atoms with Gasteiger partial charge in [0.05, 0.1) is 25.5 Å². The molecule has 1 heterocycles. The Hall–Kier alpha value is -3.87. The lowest BCUT2D eigenvalue weighted by Crippen LogP contribution is -2.13. The summed E-state index contributed by atoms with van der Waals surface area (Å²) in [6.07, 6.45) is 1.47. The molecule has 0 aliphatic carbocycles. The molecule has 0 aliphatic rings. The van der Waals surface area contributed by atoms with Gasteiger partial charge in [0.1, 0.15) is 17.3 Å². The predicted octanol–water partition coefficient (Wildman–Crippen LogP) is 4.30. The minimum atomic E-state index is -0.314. The number of carbonyl (C=O) groups is 2. The first kappa shape index (κ1) is 19.9. The summed E-state index contributed by atoms with van der Waals surface area (Å²) in [6.45, 7) is 1.52. The van der Waals surface area contributed by atoms with Gasteiger partial charge < -0.3 is 20.1 Å². The van der Waals surface area contributed by atoms with Crippen LogP contribution in [0.4, 0.5) is 17.2 Å². The van der Waals surface area contributed by atoms with Crippen molar-refractivity contribution < 1.29 is 19.1 Å². The van der Waals surface area contributed by atoms with Gasteiger partial charge in [-0.05, 0) is 43.3 Å². The lowest BCUT2D eigenvalue weighted by Gasteiger charge is -2.12. The van der Waals surface area contributed by atoms with E-state index in [0.29, 0.717) is 34.1 Å². The molecule has 2 N–H and O–H groups in total. The van der Waals surface area contributed by atoms with Crippen molar-refractivity contribution in [3.8, 4) is 11.5 Å². The van der Waals surface area contributed by atoms with Gasteiger partial charge in [0, 0.05) is 23.5 Å². The number of aromatic nitrogens is 1. The van der Waals surface area contributed by atoms with Crippen molar-refractivity contribution in [2.45, 2.75) is 6.92 Å². The van der Waals surface area contributed by atoms with Crippen LogP contribution in [-0.2, 0) is 0 Å². The maximum absolute atomic E-state index is 12.5. The van der Waals surface area contributed by atoms with Gasteiger partial charge in [-0.15, -0.1) is 0 Å². The highest BCUT2D eigenvalue weighted by Crippen LogP contribution is 2.29. The van der Waals surface area contributed by atoms with Crippen molar-refractivity contribution in [2.24, 2.45) is 0 Å². The molecule has 29 heavy (non-hydrogen) atoms. The molecule has 7 heteroatoms. The average Bonchev–Trinajstić information content (AvgIpc) is 2.74. The topological polar surface area (TPSA) is 89.6 Å². The second-order valence-electron chi connectivity index (χ2n) is 6.21. The molecule has 3 rings (SSSR count). The third-order valence-electron chi connectivity index (χ3n) is 4.22. The Bertz CT molecular complexity index is 1030. The zero-order valence-corrected chi connectivity index (χ0v) is 16.4. The molecular formula is C22H21N3O4. The van der Waals surface area contributed by atoms with Crippen LogP contribution < -0.4 is 20.1 Å². The summed E-state index contributed by atoms with van der Waals surface area (Å²) in [5.41, 5.74) is 2.28. The van der Waals surface area contributed by atoms with E-state index in [1.807, 2.05) is 6.07 Å². The Balaban J connectivity index is 1.71. The van der Waals surface area contributed by atoms with Crippen LogP contribution in [0.3, 0.4) is 0 Å². The van der Waals surface area contributed by atoms with Crippen LogP contribution in [0.2, 0.25) is 0 Å². The number of nitrogens with one attached hydrogen (secondary N) is 2. The summed E-state index contributed by atoms with van der Waals surface area (Å²) in [6, 6.07) is 15.6. The number of carbonyl (C=O) groups excluding carboxylic acids is 2. The maximum Gasteiger partial charge on any atom is 0.257 e. The Morgan fingerprint density at radius 3 is 2.41 bits per heavy atom. The van der Waals surface area contributed by atoms with Gasteiger partial charge in [-0.25, -0.2) is 4.98 Å². The summed E-state index contributed by atoms with van der Waals surface area (Å²) in [4.78, 5) is 28.3. The average molecular weight is 391 g/mol. The first-order chi connectivity index (χ1) is 14.0. The standard InChI is InChI=1S/C22H21N3O4/c1-14(26)15-5-4-6-17(11-15)24-21-10-7-16(13-23-21)22(27)25-19-9-8-18(28-2)12-20(19)29-3/h4-13H,1-3H3,(H,23,24)(H,25,27). The first-order valence-electron chi connectivity index (χ1n) is 8.87. The maximum atomic E-state index is 12.5. The summed E-state index contributed by atoms with van der Waals surface area (Å²) < 4.78 is 10.4. The molecule has 0 radical (unpaired) electrons. The van der Waals surface area contributed by atoms with Crippen LogP contribution in [0.15, 0.2) is 60.8 Å². The van der Waals surface area contributed by atoms with Gasteiger partial charge >= 0.3 is 0 Å². The highest BCUT2D eigenvalue weighted by atomic mass is 16.5. The van der Waals surface area contributed by atoms with E-state index >= 15 is 0 Å². The monoisotopic (exact) mass is 391 g/mol. The number of ether oxygens (including phenoxy) is 2. The van der Waals surface area contributed by atoms with Crippen LogP contribution in [0.25, 0.3) is 0 Å². The Kier molecular flexibility index (Phi) is 6.09. The lowest BCUT2D eigenvalue weighted by molar-refractivity contribution is 0.101. The van der Waals surface area contributed by atoms with Crippen LogP contribution in [0, 0.1) is 0 Å². The molecule has 0 unspecified atom stereocenters. The van der Waals surface area contributed by atoms with Crippen molar-refractivity contribution in [3.05, 3.63) is 71.9 Å². The largest absolute Gasteiger partial charge is 0.497 e. The molecule has 2 aromatic carbocycles. The fourth-order valence-corrected chi connectivity index (χ4v) is 2.66. The molecule has 148 valence electrons. The third kappa shape index (κ3) is 4.90. The molecule has 1 aromatic heterocycles. The molecule has 0 spiro atoms. The fraction of sp³-hybridized carbons (Fsp3) is 0.136. The lowest BCUT2D eigenvalue weighted by atomic mass is 10.1. The van der Waals surface area contributed by atoms with Crippen LogP contribution >= 0.6 is 0 Å². The van der Waals surface area contributed by atoms with Crippen molar-refractivity contribution in [3.63, 3.8) is 0 Å². The summed E-state index contributed by atoms with van der Waals surface area (Å²) in [5, 5.41) is 5.92. The van der Waals surface area contributed by atoms with E-state index in [1.165, 1.54) is 20.2 Å². The zero-order chi connectivity index (χ0) is 20.8. The van der Waals surface area contributed by atoms with Crippen LogP contribution in [-0.4, -0.2) is 30.9 Å². The molecule has 0 atom stereocenters. The summed E-state index contributed by atoms with van der Waals surface area (Å²) in [7, 11) is 3.08. The van der Waals surface area contributed by atoms with Gasteiger partial charge in [-0.2, -0.15) is 0 Å². The highest BCUT2D eigenvalue weighted by Gasteiger charge is 2.11. The van der Waals surface area contributed by atoms with E-state index in [-0.39, 0.29) is 11.7 Å². The Labute approximate surface area is 168 Å².